The highest BCUT2D eigenvalue weighted by Crippen LogP contribution is 2.33. The van der Waals surface area contributed by atoms with Crippen LogP contribution in [-0.2, 0) is 6.54 Å². The van der Waals surface area contributed by atoms with Gasteiger partial charge in [0.05, 0.1) is 6.54 Å². The molecule has 1 N–H and O–H groups in total. The molecule has 18 heavy (non-hydrogen) atoms. The second-order valence-corrected chi connectivity index (χ2v) is 4.42. The second-order valence-electron chi connectivity index (χ2n) is 4.42. The fraction of sp³-hybridized carbons (Fsp3) is 0.417. The van der Waals surface area contributed by atoms with E-state index in [1.54, 1.807) is 23.2 Å². The van der Waals surface area contributed by atoms with Crippen LogP contribution in [0, 0.1) is 0 Å². The van der Waals surface area contributed by atoms with Crippen LogP contribution in [0.25, 0.3) is 0 Å². The molecule has 0 radical (unpaired) electrons. The van der Waals surface area contributed by atoms with Crippen LogP contribution in [0.5, 0.6) is 0 Å². The maximum Gasteiger partial charge on any atom is 0.293 e. The Morgan fingerprint density at radius 2 is 2.22 bits per heavy atom. The van der Waals surface area contributed by atoms with E-state index in [2.05, 4.69) is 15.4 Å². The molecule has 6 heteroatoms. The summed E-state index contributed by atoms with van der Waals surface area (Å²) in [5.41, 5.74) is -0.0273. The van der Waals surface area contributed by atoms with E-state index in [9.17, 15) is 4.79 Å². The summed E-state index contributed by atoms with van der Waals surface area (Å²) in [6.07, 6.45) is 9.26. The maximum atomic E-state index is 12.1. The molecule has 6 nitrogen and oxygen atoms in total. The first kappa shape index (κ1) is 11.0. The van der Waals surface area contributed by atoms with Crippen LogP contribution in [0.3, 0.4) is 0 Å². The van der Waals surface area contributed by atoms with Crippen molar-refractivity contribution in [3.63, 3.8) is 0 Å². The van der Waals surface area contributed by atoms with Gasteiger partial charge in [-0.3, -0.25) is 9.48 Å². The van der Waals surface area contributed by atoms with Crippen LogP contribution in [0.15, 0.2) is 35.6 Å². The van der Waals surface area contributed by atoms with E-state index >= 15 is 0 Å². The molecule has 1 saturated carbocycles. The van der Waals surface area contributed by atoms with E-state index in [1.807, 2.05) is 16.9 Å². The van der Waals surface area contributed by atoms with Gasteiger partial charge >= 0.3 is 0 Å². The molecule has 1 fully saturated rings. The van der Waals surface area contributed by atoms with Crippen molar-refractivity contribution in [3.05, 3.63) is 41.2 Å². The molecular formula is C12H15N5O. The predicted octanol–water partition coefficient (Wildman–Crippen LogP) is 0.887. The zero-order chi connectivity index (χ0) is 12.4. The first-order valence-corrected chi connectivity index (χ1v) is 6.13. The number of hydrogen-bond donors (Lipinski definition) is 1. The van der Waals surface area contributed by atoms with Crippen molar-refractivity contribution in [2.45, 2.75) is 25.4 Å². The van der Waals surface area contributed by atoms with Crippen LogP contribution >= 0.6 is 0 Å². The Balaban J connectivity index is 1.65. The molecule has 0 amide bonds. The summed E-state index contributed by atoms with van der Waals surface area (Å²) >= 11 is 0. The molecule has 2 aromatic rings. The van der Waals surface area contributed by atoms with E-state index in [-0.39, 0.29) is 5.56 Å². The zero-order valence-corrected chi connectivity index (χ0v) is 9.99. The average molecular weight is 245 g/mol. The first-order valence-electron chi connectivity index (χ1n) is 6.13. The van der Waals surface area contributed by atoms with Gasteiger partial charge in [0.15, 0.2) is 5.82 Å². The van der Waals surface area contributed by atoms with Gasteiger partial charge < -0.3 is 9.88 Å². The van der Waals surface area contributed by atoms with Crippen molar-refractivity contribution in [1.29, 1.82) is 0 Å². The quantitative estimate of drug-likeness (QED) is 0.849. The standard InChI is InChI=1S/C12H15N5O/c18-12-11(13-5-8-16-7-1-4-15-16)14-6-9-17(12)10-2-3-10/h1,4,6-7,9-10H,2-3,5,8H2,(H,13,14). The monoisotopic (exact) mass is 245 g/mol. The molecule has 0 aliphatic heterocycles. The van der Waals surface area contributed by atoms with Gasteiger partial charge in [-0.25, -0.2) is 4.98 Å². The molecule has 0 aromatic carbocycles. The molecule has 2 aromatic heterocycles. The lowest BCUT2D eigenvalue weighted by atomic mass is 10.5. The van der Waals surface area contributed by atoms with Crippen LogP contribution in [0.1, 0.15) is 18.9 Å². The fourth-order valence-corrected chi connectivity index (χ4v) is 1.91. The van der Waals surface area contributed by atoms with Crippen LogP contribution in [-0.4, -0.2) is 25.9 Å². The third-order valence-electron chi connectivity index (χ3n) is 3.00. The zero-order valence-electron chi connectivity index (χ0n) is 9.99. The lowest BCUT2D eigenvalue weighted by Gasteiger charge is -2.08. The van der Waals surface area contributed by atoms with Gasteiger partial charge in [0.2, 0.25) is 0 Å². The summed E-state index contributed by atoms with van der Waals surface area (Å²) < 4.78 is 3.58. The SMILES string of the molecule is O=c1c(NCCn2cccn2)nccn1C1CC1. The number of nitrogens with one attached hydrogen (secondary N) is 1. The van der Waals surface area contributed by atoms with E-state index in [0.29, 0.717) is 24.9 Å². The van der Waals surface area contributed by atoms with E-state index in [4.69, 9.17) is 0 Å². The summed E-state index contributed by atoms with van der Waals surface area (Å²) in [5, 5.41) is 7.17. The Labute approximate surface area is 104 Å². The van der Waals surface area contributed by atoms with Crippen molar-refractivity contribution in [2.75, 3.05) is 11.9 Å². The summed E-state index contributed by atoms with van der Waals surface area (Å²) in [6, 6.07) is 2.26. The second kappa shape index (κ2) is 4.64. The predicted molar refractivity (Wildman–Crippen MR) is 67.5 cm³/mol. The molecule has 2 heterocycles. The summed E-state index contributed by atoms with van der Waals surface area (Å²) in [7, 11) is 0. The molecule has 0 spiro atoms. The molecule has 0 unspecified atom stereocenters. The summed E-state index contributed by atoms with van der Waals surface area (Å²) in [4.78, 5) is 16.2. The smallest absolute Gasteiger partial charge is 0.293 e. The molecule has 0 atom stereocenters. The van der Waals surface area contributed by atoms with Gasteiger partial charge in [0, 0.05) is 37.4 Å². The van der Waals surface area contributed by atoms with E-state index < -0.39 is 0 Å². The molecular weight excluding hydrogens is 230 g/mol. The Hall–Kier alpha value is -2.11. The Bertz CT molecular complexity index is 570. The molecule has 1 aliphatic rings. The van der Waals surface area contributed by atoms with Crippen molar-refractivity contribution in [3.8, 4) is 0 Å². The summed E-state index contributed by atoms with van der Waals surface area (Å²) in [6.45, 7) is 1.35. The first-order chi connectivity index (χ1) is 8.84. The molecule has 94 valence electrons. The number of nitrogens with zero attached hydrogens (tertiary/aromatic N) is 4. The van der Waals surface area contributed by atoms with Gasteiger partial charge in [-0.2, -0.15) is 5.10 Å². The Kier molecular flexibility index (Phi) is 2.84. The lowest BCUT2D eigenvalue weighted by Crippen LogP contribution is -2.25. The van der Waals surface area contributed by atoms with Gasteiger partial charge in [0.1, 0.15) is 0 Å². The fourth-order valence-electron chi connectivity index (χ4n) is 1.91. The third kappa shape index (κ3) is 2.27. The molecule has 0 bridgehead atoms. The highest BCUT2D eigenvalue weighted by molar-refractivity contribution is 5.30. The van der Waals surface area contributed by atoms with Gasteiger partial charge in [-0.05, 0) is 18.9 Å². The summed E-state index contributed by atoms with van der Waals surface area (Å²) in [5.74, 6) is 0.427. The Morgan fingerprint density at radius 3 is 2.94 bits per heavy atom. The average Bonchev–Trinajstić information content (AvgIpc) is 3.09. The minimum Gasteiger partial charge on any atom is -0.364 e. The largest absolute Gasteiger partial charge is 0.364 e. The van der Waals surface area contributed by atoms with Crippen LogP contribution < -0.4 is 10.9 Å². The van der Waals surface area contributed by atoms with Crippen molar-refractivity contribution in [2.24, 2.45) is 0 Å². The van der Waals surface area contributed by atoms with Crippen molar-refractivity contribution >= 4 is 5.82 Å². The van der Waals surface area contributed by atoms with E-state index in [1.165, 1.54) is 0 Å². The highest BCUT2D eigenvalue weighted by atomic mass is 16.1. The molecule has 1 aliphatic carbocycles. The number of rotatable bonds is 5. The molecule has 3 rings (SSSR count). The number of aromatic nitrogens is 4. The topological polar surface area (TPSA) is 64.7 Å². The number of anilines is 1. The molecule has 0 saturated heterocycles. The van der Waals surface area contributed by atoms with E-state index in [0.717, 1.165) is 12.8 Å². The lowest BCUT2D eigenvalue weighted by molar-refractivity contribution is 0.634. The van der Waals surface area contributed by atoms with Gasteiger partial charge in [-0.1, -0.05) is 0 Å². The number of hydrogen-bond acceptors (Lipinski definition) is 4. The van der Waals surface area contributed by atoms with Crippen LogP contribution in [0.4, 0.5) is 5.82 Å². The third-order valence-corrected chi connectivity index (χ3v) is 3.00. The van der Waals surface area contributed by atoms with Crippen molar-refractivity contribution < 1.29 is 0 Å². The van der Waals surface area contributed by atoms with Crippen molar-refractivity contribution in [1.82, 2.24) is 19.3 Å². The maximum absolute atomic E-state index is 12.1. The minimum atomic E-state index is -0.0273. The minimum absolute atomic E-state index is 0.0273. The highest BCUT2D eigenvalue weighted by Gasteiger charge is 2.25. The van der Waals surface area contributed by atoms with Crippen LogP contribution in [0.2, 0.25) is 0 Å². The van der Waals surface area contributed by atoms with Gasteiger partial charge in [-0.15, -0.1) is 0 Å². The van der Waals surface area contributed by atoms with Gasteiger partial charge in [0.25, 0.3) is 5.56 Å². The Morgan fingerprint density at radius 1 is 1.33 bits per heavy atom. The normalized spacial score (nSPS) is 14.7.